The number of aliphatic carboxylic acids is 1. The average Bonchev–Trinajstić information content (AvgIpc) is 3.73. The van der Waals surface area contributed by atoms with Gasteiger partial charge in [0.05, 0.1) is 25.3 Å². The molecule has 0 bridgehead atoms. The van der Waals surface area contributed by atoms with Gasteiger partial charge in [0.15, 0.2) is 0 Å². The maximum Gasteiger partial charge on any atom is 0.306 e. The molecule has 1 saturated carbocycles. The van der Waals surface area contributed by atoms with E-state index in [0.29, 0.717) is 23.9 Å². The fourth-order valence-electron chi connectivity index (χ4n) is 6.73. The second-order valence-corrected chi connectivity index (χ2v) is 12.0. The van der Waals surface area contributed by atoms with Crippen LogP contribution < -0.4 is 9.47 Å². The first-order valence-corrected chi connectivity index (χ1v) is 14.9. The van der Waals surface area contributed by atoms with Crippen molar-refractivity contribution in [2.75, 3.05) is 27.3 Å². The van der Waals surface area contributed by atoms with Crippen molar-refractivity contribution < 1.29 is 28.5 Å². The summed E-state index contributed by atoms with van der Waals surface area (Å²) in [6, 6.07) is 14.1. The Balaban J connectivity index is 1.31. The summed E-state index contributed by atoms with van der Waals surface area (Å²) < 4.78 is 32.6. The SMILES string of the molecule is COc1cc(-c2ccc(C3CCc4ccc([C@H](C5CC5)[C@H](C)C(=O)O)cc4O3)cc2CN2CC[C@H](OC)C2)c(F)cn1. The van der Waals surface area contributed by atoms with Gasteiger partial charge in [-0.1, -0.05) is 37.3 Å². The van der Waals surface area contributed by atoms with Gasteiger partial charge in [0.25, 0.3) is 0 Å². The van der Waals surface area contributed by atoms with Gasteiger partial charge in [0.1, 0.15) is 17.7 Å². The number of ether oxygens (including phenoxy) is 3. The summed E-state index contributed by atoms with van der Waals surface area (Å²) in [6.07, 6.45) is 6.07. The number of carboxylic acid groups (broad SMARTS) is 1. The predicted molar refractivity (Wildman–Crippen MR) is 157 cm³/mol. The molecule has 1 N–H and O–H groups in total. The number of carboxylic acids is 1. The smallest absolute Gasteiger partial charge is 0.306 e. The number of hydrogen-bond donors (Lipinski definition) is 1. The second kappa shape index (κ2) is 12.0. The fraction of sp³-hybridized carbons (Fsp3) is 0.471. The summed E-state index contributed by atoms with van der Waals surface area (Å²) in [5, 5.41) is 9.75. The molecule has 42 heavy (non-hydrogen) atoms. The van der Waals surface area contributed by atoms with Crippen molar-refractivity contribution in [3.63, 3.8) is 0 Å². The standard InChI is InChI=1S/C34H39FN2O5/c1-20(34(38)39)33(22-5-6-22)24-7-4-21-9-11-30(42-31(21)15-24)23-8-10-27(28-16-32(41-3)36-17-29(28)35)25(14-23)18-37-13-12-26(19-37)40-2/h4,7-8,10,14-17,20,22,26,30,33H,5-6,9,11-13,18-19H2,1-3H3,(H,38,39)/t20-,26-,30?,33-/m0/s1. The van der Waals surface area contributed by atoms with Gasteiger partial charge in [-0.15, -0.1) is 0 Å². The summed E-state index contributed by atoms with van der Waals surface area (Å²) >= 11 is 0. The number of halogens is 1. The minimum atomic E-state index is -0.755. The zero-order chi connectivity index (χ0) is 29.4. The van der Waals surface area contributed by atoms with Gasteiger partial charge in [-0.3, -0.25) is 9.69 Å². The van der Waals surface area contributed by atoms with E-state index in [0.717, 1.165) is 78.8 Å². The first-order valence-electron chi connectivity index (χ1n) is 14.9. The number of methoxy groups -OCH3 is 2. The molecule has 1 aromatic heterocycles. The Morgan fingerprint density at radius 3 is 2.67 bits per heavy atom. The molecule has 4 atom stereocenters. The Bertz CT molecular complexity index is 1460. The van der Waals surface area contributed by atoms with E-state index >= 15 is 4.39 Å². The van der Waals surface area contributed by atoms with Crippen molar-refractivity contribution >= 4 is 5.97 Å². The number of benzene rings is 2. The van der Waals surface area contributed by atoms with Gasteiger partial charge in [-0.25, -0.2) is 9.37 Å². The van der Waals surface area contributed by atoms with Crippen LogP contribution in [-0.2, 0) is 22.5 Å². The fourth-order valence-corrected chi connectivity index (χ4v) is 6.73. The number of pyridine rings is 1. The van der Waals surface area contributed by atoms with E-state index in [1.807, 2.05) is 19.1 Å². The lowest BCUT2D eigenvalue weighted by Gasteiger charge is -2.29. The van der Waals surface area contributed by atoms with Crippen LogP contribution in [0.25, 0.3) is 11.1 Å². The molecular weight excluding hydrogens is 535 g/mol. The molecular formula is C34H39FN2O5. The number of fused-ring (bicyclic) bond motifs is 1. The lowest BCUT2D eigenvalue weighted by Crippen LogP contribution is -2.23. The van der Waals surface area contributed by atoms with Crippen LogP contribution in [0, 0.1) is 17.7 Å². The highest BCUT2D eigenvalue weighted by atomic mass is 19.1. The van der Waals surface area contributed by atoms with Gasteiger partial charge in [-0.2, -0.15) is 0 Å². The molecule has 2 aliphatic heterocycles. The lowest BCUT2D eigenvalue weighted by atomic mass is 9.82. The Kier molecular flexibility index (Phi) is 8.19. The summed E-state index contributed by atoms with van der Waals surface area (Å²) in [5.41, 5.74) is 5.54. The maximum atomic E-state index is 15.1. The van der Waals surface area contributed by atoms with Gasteiger partial charge in [-0.05, 0) is 77.8 Å². The van der Waals surface area contributed by atoms with Crippen LogP contribution in [0.4, 0.5) is 4.39 Å². The molecule has 3 aliphatic rings. The molecule has 1 unspecified atom stereocenters. The van der Waals surface area contributed by atoms with E-state index in [1.54, 1.807) is 13.2 Å². The van der Waals surface area contributed by atoms with Crippen molar-refractivity contribution in [2.45, 2.75) is 63.7 Å². The molecule has 222 valence electrons. The maximum absolute atomic E-state index is 15.1. The number of nitrogens with zero attached hydrogens (tertiary/aromatic N) is 2. The Morgan fingerprint density at radius 2 is 1.95 bits per heavy atom. The summed E-state index contributed by atoms with van der Waals surface area (Å²) in [7, 11) is 3.28. The minimum absolute atomic E-state index is 0.00806. The van der Waals surface area contributed by atoms with Gasteiger partial charge >= 0.3 is 5.97 Å². The third-order valence-electron chi connectivity index (χ3n) is 9.27. The van der Waals surface area contributed by atoms with Crippen molar-refractivity contribution in [2.24, 2.45) is 11.8 Å². The number of rotatable bonds is 10. The molecule has 0 radical (unpaired) electrons. The zero-order valence-corrected chi connectivity index (χ0v) is 24.5. The highest BCUT2D eigenvalue weighted by molar-refractivity contribution is 5.71. The van der Waals surface area contributed by atoms with Crippen LogP contribution in [0.5, 0.6) is 11.6 Å². The Morgan fingerprint density at radius 1 is 1.12 bits per heavy atom. The number of aromatic nitrogens is 1. The number of hydrogen-bond acceptors (Lipinski definition) is 6. The molecule has 3 heterocycles. The normalized spacial score (nSPS) is 21.8. The molecule has 1 saturated heterocycles. The Hall–Kier alpha value is -3.49. The van der Waals surface area contributed by atoms with E-state index in [-0.39, 0.29) is 18.1 Å². The van der Waals surface area contributed by atoms with Crippen LogP contribution in [0.1, 0.15) is 66.9 Å². The molecule has 1 aliphatic carbocycles. The predicted octanol–water partition coefficient (Wildman–Crippen LogP) is 6.40. The molecule has 0 amide bonds. The second-order valence-electron chi connectivity index (χ2n) is 12.0. The van der Waals surface area contributed by atoms with Crippen molar-refractivity contribution in [3.8, 4) is 22.8 Å². The summed E-state index contributed by atoms with van der Waals surface area (Å²) in [5.74, 6) is 0.0223. The topological polar surface area (TPSA) is 81.1 Å². The number of carbonyl (C=O) groups is 1. The molecule has 3 aromatic rings. The van der Waals surface area contributed by atoms with Crippen LogP contribution in [0.3, 0.4) is 0 Å². The zero-order valence-electron chi connectivity index (χ0n) is 24.5. The van der Waals surface area contributed by atoms with Crippen LogP contribution in [0.2, 0.25) is 0 Å². The lowest BCUT2D eigenvalue weighted by molar-refractivity contribution is -0.142. The first kappa shape index (κ1) is 28.6. The van der Waals surface area contributed by atoms with Crippen molar-refractivity contribution in [1.82, 2.24) is 9.88 Å². The molecule has 2 aromatic carbocycles. The summed E-state index contributed by atoms with van der Waals surface area (Å²) in [4.78, 5) is 18.2. The van der Waals surface area contributed by atoms with E-state index in [4.69, 9.17) is 14.2 Å². The molecule has 6 rings (SSSR count). The van der Waals surface area contributed by atoms with E-state index in [1.165, 1.54) is 13.3 Å². The molecule has 7 nitrogen and oxygen atoms in total. The van der Waals surface area contributed by atoms with E-state index in [2.05, 4.69) is 34.1 Å². The highest BCUT2D eigenvalue weighted by Gasteiger charge is 2.39. The van der Waals surface area contributed by atoms with Crippen molar-refractivity contribution in [3.05, 3.63) is 76.7 Å². The third-order valence-corrected chi connectivity index (χ3v) is 9.27. The largest absolute Gasteiger partial charge is 0.485 e. The van der Waals surface area contributed by atoms with E-state index < -0.39 is 17.7 Å². The van der Waals surface area contributed by atoms with Gasteiger partial charge < -0.3 is 19.3 Å². The number of likely N-dealkylation sites (tertiary alicyclic amines) is 1. The average molecular weight is 575 g/mol. The van der Waals surface area contributed by atoms with Crippen LogP contribution in [0.15, 0.2) is 48.7 Å². The first-order chi connectivity index (χ1) is 20.3. The molecule has 2 fully saturated rings. The van der Waals surface area contributed by atoms with Crippen LogP contribution >= 0.6 is 0 Å². The molecule has 8 heteroatoms. The highest BCUT2D eigenvalue weighted by Crippen LogP contribution is 2.48. The monoisotopic (exact) mass is 574 g/mol. The molecule has 0 spiro atoms. The van der Waals surface area contributed by atoms with Crippen LogP contribution in [-0.4, -0.2) is 54.4 Å². The minimum Gasteiger partial charge on any atom is -0.485 e. The number of aryl methyl sites for hydroxylation is 1. The van der Waals surface area contributed by atoms with Crippen molar-refractivity contribution in [1.29, 1.82) is 0 Å². The van der Waals surface area contributed by atoms with Gasteiger partial charge in [0.2, 0.25) is 5.88 Å². The third kappa shape index (κ3) is 5.88. The Labute approximate surface area is 246 Å². The van der Waals surface area contributed by atoms with Gasteiger partial charge in [0, 0.05) is 38.4 Å². The summed E-state index contributed by atoms with van der Waals surface area (Å²) in [6.45, 7) is 4.22. The van der Waals surface area contributed by atoms with E-state index in [9.17, 15) is 9.90 Å². The quantitative estimate of drug-likeness (QED) is 0.300.